The van der Waals surface area contributed by atoms with Crippen molar-refractivity contribution in [1.82, 2.24) is 5.32 Å². The van der Waals surface area contributed by atoms with Crippen LogP contribution in [0.15, 0.2) is 18.2 Å². The van der Waals surface area contributed by atoms with E-state index < -0.39 is 18.0 Å². The van der Waals surface area contributed by atoms with Gasteiger partial charge in [-0.2, -0.15) is 0 Å². The molecule has 0 unspecified atom stereocenters. The van der Waals surface area contributed by atoms with Gasteiger partial charge in [-0.1, -0.05) is 0 Å². The van der Waals surface area contributed by atoms with E-state index in [2.05, 4.69) is 5.32 Å². The zero-order valence-electron chi connectivity index (χ0n) is 14.7. The average molecular weight is 361 g/mol. The summed E-state index contributed by atoms with van der Waals surface area (Å²) >= 11 is 0. The number of anilines is 1. The predicted molar refractivity (Wildman–Crippen MR) is 93.9 cm³/mol. The molecule has 2 saturated heterocycles. The number of esters is 1. The Morgan fingerprint density at radius 1 is 1.35 bits per heavy atom. The molecule has 1 aromatic rings. The maximum absolute atomic E-state index is 12.5. The van der Waals surface area contributed by atoms with E-state index in [0.717, 1.165) is 11.3 Å². The number of urea groups is 1. The first-order valence-corrected chi connectivity index (χ1v) is 8.71. The van der Waals surface area contributed by atoms with Gasteiger partial charge >= 0.3 is 12.0 Å². The van der Waals surface area contributed by atoms with Crippen LogP contribution in [-0.2, 0) is 14.3 Å². The van der Waals surface area contributed by atoms with Gasteiger partial charge in [0.15, 0.2) is 6.10 Å². The second-order valence-corrected chi connectivity index (χ2v) is 6.56. The van der Waals surface area contributed by atoms with E-state index >= 15 is 0 Å². The Hall–Kier alpha value is -2.61. The molecule has 140 valence electrons. The highest BCUT2D eigenvalue weighted by Crippen LogP contribution is 2.25. The number of carbonyl (C=O) groups is 3. The van der Waals surface area contributed by atoms with E-state index in [4.69, 9.17) is 15.2 Å². The van der Waals surface area contributed by atoms with E-state index in [9.17, 15) is 14.4 Å². The Morgan fingerprint density at radius 2 is 2.08 bits per heavy atom. The molecule has 8 nitrogen and oxygen atoms in total. The van der Waals surface area contributed by atoms with Gasteiger partial charge in [0.05, 0.1) is 5.56 Å². The number of hydrogen-bond acceptors (Lipinski definition) is 5. The van der Waals surface area contributed by atoms with Gasteiger partial charge < -0.3 is 20.5 Å². The lowest BCUT2D eigenvalue weighted by molar-refractivity contribution is -0.131. The Balaban J connectivity index is 1.73. The van der Waals surface area contributed by atoms with Crippen LogP contribution in [0.25, 0.3) is 0 Å². The monoisotopic (exact) mass is 361 g/mol. The number of benzene rings is 1. The standard InChI is InChI=1S/C18H23N3O5/c1-11-10-13(2-3-14(11)21-7-6-20-18(21)24)17(23)26-15(16(19)22)12-4-8-25-9-5-12/h2-3,10,12,15H,4-9H2,1H3,(H2,19,22)(H,20,24)/t15-/m0/s1. The Morgan fingerprint density at radius 3 is 2.65 bits per heavy atom. The molecule has 0 aromatic heterocycles. The quantitative estimate of drug-likeness (QED) is 0.759. The second kappa shape index (κ2) is 7.74. The molecule has 3 amide bonds. The first-order chi connectivity index (χ1) is 12.5. The number of amides is 3. The molecule has 2 fully saturated rings. The fourth-order valence-corrected chi connectivity index (χ4v) is 3.38. The summed E-state index contributed by atoms with van der Waals surface area (Å²) in [5, 5.41) is 2.74. The van der Waals surface area contributed by atoms with E-state index in [1.54, 1.807) is 23.1 Å². The minimum absolute atomic E-state index is 0.126. The highest BCUT2D eigenvalue weighted by Gasteiger charge is 2.32. The lowest BCUT2D eigenvalue weighted by Crippen LogP contribution is -2.41. The molecule has 0 aliphatic carbocycles. The number of nitrogens with two attached hydrogens (primary N) is 1. The molecule has 26 heavy (non-hydrogen) atoms. The summed E-state index contributed by atoms with van der Waals surface area (Å²) in [6.07, 6.45) is 0.294. The summed E-state index contributed by atoms with van der Waals surface area (Å²) in [6.45, 7) is 4.04. The zero-order chi connectivity index (χ0) is 18.7. The third-order valence-corrected chi connectivity index (χ3v) is 4.79. The molecule has 8 heteroatoms. The zero-order valence-corrected chi connectivity index (χ0v) is 14.7. The first kappa shape index (κ1) is 18.2. The highest BCUT2D eigenvalue weighted by atomic mass is 16.5. The van der Waals surface area contributed by atoms with Gasteiger partial charge in [-0.25, -0.2) is 9.59 Å². The molecule has 2 aliphatic heterocycles. The first-order valence-electron chi connectivity index (χ1n) is 8.71. The van der Waals surface area contributed by atoms with Crippen molar-refractivity contribution in [2.45, 2.75) is 25.9 Å². The maximum atomic E-state index is 12.5. The van der Waals surface area contributed by atoms with Crippen molar-refractivity contribution < 1.29 is 23.9 Å². The third-order valence-electron chi connectivity index (χ3n) is 4.79. The number of ether oxygens (including phenoxy) is 2. The van der Waals surface area contributed by atoms with Crippen LogP contribution in [0.1, 0.15) is 28.8 Å². The molecule has 2 heterocycles. The number of carbonyl (C=O) groups excluding carboxylic acids is 3. The third kappa shape index (κ3) is 3.80. The van der Waals surface area contributed by atoms with Crippen molar-refractivity contribution in [2.75, 3.05) is 31.2 Å². The van der Waals surface area contributed by atoms with Gasteiger partial charge in [-0.15, -0.1) is 0 Å². The fourth-order valence-electron chi connectivity index (χ4n) is 3.38. The molecule has 1 aromatic carbocycles. The topological polar surface area (TPSA) is 111 Å². The van der Waals surface area contributed by atoms with Crippen molar-refractivity contribution in [3.05, 3.63) is 29.3 Å². The van der Waals surface area contributed by atoms with E-state index in [1.807, 2.05) is 6.92 Å². The van der Waals surface area contributed by atoms with Gasteiger partial charge in [0, 0.05) is 37.9 Å². The minimum atomic E-state index is -0.962. The number of nitrogens with zero attached hydrogens (tertiary/aromatic N) is 1. The molecular formula is C18H23N3O5. The van der Waals surface area contributed by atoms with Crippen LogP contribution in [-0.4, -0.2) is 50.3 Å². The number of hydrogen-bond donors (Lipinski definition) is 2. The summed E-state index contributed by atoms with van der Waals surface area (Å²) in [7, 11) is 0. The minimum Gasteiger partial charge on any atom is -0.448 e. The van der Waals surface area contributed by atoms with Crippen molar-refractivity contribution in [3.8, 4) is 0 Å². The molecule has 0 saturated carbocycles. The Labute approximate surface area is 151 Å². The van der Waals surface area contributed by atoms with Crippen LogP contribution in [0.3, 0.4) is 0 Å². The molecular weight excluding hydrogens is 338 g/mol. The lowest BCUT2D eigenvalue weighted by Gasteiger charge is -2.28. The van der Waals surface area contributed by atoms with Crippen molar-refractivity contribution >= 4 is 23.6 Å². The molecule has 0 bridgehead atoms. The summed E-state index contributed by atoms with van der Waals surface area (Å²) in [5.41, 5.74) is 7.28. The fraction of sp³-hybridized carbons (Fsp3) is 0.500. The van der Waals surface area contributed by atoms with Crippen molar-refractivity contribution in [1.29, 1.82) is 0 Å². The van der Waals surface area contributed by atoms with Gasteiger partial charge in [-0.05, 0) is 43.5 Å². The van der Waals surface area contributed by atoms with Gasteiger partial charge in [0.2, 0.25) is 0 Å². The summed E-state index contributed by atoms with van der Waals surface area (Å²) < 4.78 is 10.7. The molecule has 1 atom stereocenters. The normalized spacial score (nSPS) is 19.1. The Bertz CT molecular complexity index is 715. The number of nitrogens with one attached hydrogen (secondary N) is 1. The van der Waals surface area contributed by atoms with Crippen LogP contribution < -0.4 is 16.0 Å². The maximum Gasteiger partial charge on any atom is 0.338 e. The van der Waals surface area contributed by atoms with Gasteiger partial charge in [-0.3, -0.25) is 9.69 Å². The van der Waals surface area contributed by atoms with Crippen LogP contribution in [0.2, 0.25) is 0 Å². The molecule has 3 N–H and O–H groups in total. The molecule has 0 radical (unpaired) electrons. The van der Waals surface area contributed by atoms with Crippen LogP contribution in [0, 0.1) is 12.8 Å². The largest absolute Gasteiger partial charge is 0.448 e. The smallest absolute Gasteiger partial charge is 0.338 e. The summed E-state index contributed by atoms with van der Waals surface area (Å²) in [4.78, 5) is 37.7. The van der Waals surface area contributed by atoms with E-state index in [-0.39, 0.29) is 11.9 Å². The van der Waals surface area contributed by atoms with Gasteiger partial charge in [0.1, 0.15) is 0 Å². The summed E-state index contributed by atoms with van der Waals surface area (Å²) in [6, 6.07) is 4.81. The van der Waals surface area contributed by atoms with Crippen LogP contribution in [0.4, 0.5) is 10.5 Å². The van der Waals surface area contributed by atoms with Crippen LogP contribution >= 0.6 is 0 Å². The number of rotatable bonds is 5. The second-order valence-electron chi connectivity index (χ2n) is 6.56. The highest BCUT2D eigenvalue weighted by molar-refractivity contribution is 5.97. The molecule has 0 spiro atoms. The molecule has 2 aliphatic rings. The number of aryl methyl sites for hydroxylation is 1. The lowest BCUT2D eigenvalue weighted by atomic mass is 9.93. The van der Waals surface area contributed by atoms with E-state index in [0.29, 0.717) is 44.7 Å². The van der Waals surface area contributed by atoms with E-state index in [1.165, 1.54) is 0 Å². The Kier molecular flexibility index (Phi) is 5.41. The summed E-state index contributed by atoms with van der Waals surface area (Å²) in [5.74, 6) is -1.37. The van der Waals surface area contributed by atoms with Crippen LogP contribution in [0.5, 0.6) is 0 Å². The van der Waals surface area contributed by atoms with Gasteiger partial charge in [0.25, 0.3) is 5.91 Å². The number of primary amides is 1. The van der Waals surface area contributed by atoms with Crippen molar-refractivity contribution in [2.24, 2.45) is 11.7 Å². The van der Waals surface area contributed by atoms with Crippen molar-refractivity contribution in [3.63, 3.8) is 0 Å². The SMILES string of the molecule is Cc1cc(C(=O)O[C@H](C(N)=O)C2CCOCC2)ccc1N1CCNC1=O. The average Bonchev–Trinajstić information content (AvgIpc) is 3.05. The molecule has 3 rings (SSSR count). The predicted octanol–water partition coefficient (Wildman–Crippen LogP) is 0.962.